The average Bonchev–Trinajstić information content (AvgIpc) is 2.97. The molecule has 3 aromatic rings. The molecule has 214 valence electrons. The van der Waals surface area contributed by atoms with Gasteiger partial charge in [-0.1, -0.05) is 49.0 Å². The van der Waals surface area contributed by atoms with Crippen LogP contribution in [0.2, 0.25) is 0 Å². The van der Waals surface area contributed by atoms with Gasteiger partial charge >= 0.3 is 0 Å². The summed E-state index contributed by atoms with van der Waals surface area (Å²) in [5.41, 5.74) is 7.67. The van der Waals surface area contributed by atoms with Gasteiger partial charge in [0.05, 0.1) is 0 Å². The molecular weight excluding hydrogens is 523 g/mol. The summed E-state index contributed by atoms with van der Waals surface area (Å²) in [4.78, 5) is 41.0. The summed E-state index contributed by atoms with van der Waals surface area (Å²) < 4.78 is 20.9. The van der Waals surface area contributed by atoms with Crippen molar-refractivity contribution in [1.29, 1.82) is 0 Å². The number of benzene rings is 3. The Morgan fingerprint density at radius 1 is 1.07 bits per heavy atom. The van der Waals surface area contributed by atoms with Crippen molar-refractivity contribution in [3.63, 3.8) is 0 Å². The lowest BCUT2D eigenvalue weighted by atomic mass is 10.0. The number of primary amides is 1. The van der Waals surface area contributed by atoms with E-state index in [0.717, 1.165) is 0 Å². The van der Waals surface area contributed by atoms with Crippen LogP contribution in [0, 0.1) is 12.7 Å². The van der Waals surface area contributed by atoms with E-state index in [4.69, 9.17) is 10.5 Å². The number of carbonyl (C=O) groups is 3. The molecule has 9 heteroatoms. The first kappa shape index (κ1) is 29.5. The standard InChI is InChI=1S/C32H35FN4O4/c1-4-29(38)37-17-16-36(19-22(37)3)20-28(25-11-10-21(2)27(33)18-25)41-26-14-12-24(13-15-26)32(40)35-30(31(34)39)23-8-6-5-7-9-23/h4-15,18,22,28,30H,1,16-17,19-20H2,2-3H3,(H2,34,39)(H,35,40)/t22-,28+,30-/m1/s1. The van der Waals surface area contributed by atoms with Gasteiger partial charge < -0.3 is 20.7 Å². The zero-order chi connectivity index (χ0) is 29.5. The summed E-state index contributed by atoms with van der Waals surface area (Å²) in [5.74, 6) is -1.04. The number of nitrogens with zero attached hydrogens (tertiary/aromatic N) is 2. The van der Waals surface area contributed by atoms with E-state index in [1.165, 1.54) is 12.1 Å². The molecule has 41 heavy (non-hydrogen) atoms. The lowest BCUT2D eigenvalue weighted by Gasteiger charge is -2.40. The van der Waals surface area contributed by atoms with Gasteiger partial charge in [-0.25, -0.2) is 4.39 Å². The summed E-state index contributed by atoms with van der Waals surface area (Å²) in [6.45, 7) is 9.58. The van der Waals surface area contributed by atoms with Crippen LogP contribution in [0.4, 0.5) is 4.39 Å². The molecule has 1 saturated heterocycles. The fourth-order valence-corrected chi connectivity index (χ4v) is 4.93. The van der Waals surface area contributed by atoms with Crippen molar-refractivity contribution in [2.24, 2.45) is 5.73 Å². The molecule has 0 unspecified atom stereocenters. The van der Waals surface area contributed by atoms with E-state index in [0.29, 0.717) is 54.2 Å². The number of nitrogens with one attached hydrogen (secondary N) is 1. The van der Waals surface area contributed by atoms with Crippen molar-refractivity contribution < 1.29 is 23.5 Å². The molecule has 0 saturated carbocycles. The number of hydrogen-bond donors (Lipinski definition) is 2. The van der Waals surface area contributed by atoms with Crippen LogP contribution in [0.3, 0.4) is 0 Å². The van der Waals surface area contributed by atoms with Crippen LogP contribution in [-0.2, 0) is 9.59 Å². The molecule has 1 heterocycles. The summed E-state index contributed by atoms with van der Waals surface area (Å²) in [6.07, 6.45) is 0.822. The molecule has 8 nitrogen and oxygen atoms in total. The van der Waals surface area contributed by atoms with Crippen molar-refractivity contribution in [1.82, 2.24) is 15.1 Å². The van der Waals surface area contributed by atoms with Gasteiger partial charge in [-0.2, -0.15) is 0 Å². The molecule has 3 amide bonds. The molecule has 0 bridgehead atoms. The van der Waals surface area contributed by atoms with E-state index in [1.807, 2.05) is 19.1 Å². The van der Waals surface area contributed by atoms with E-state index in [2.05, 4.69) is 16.8 Å². The van der Waals surface area contributed by atoms with Crippen LogP contribution >= 0.6 is 0 Å². The Hall–Kier alpha value is -4.50. The predicted molar refractivity (Wildman–Crippen MR) is 155 cm³/mol. The maximum Gasteiger partial charge on any atom is 0.252 e. The van der Waals surface area contributed by atoms with Crippen molar-refractivity contribution in [3.05, 3.63) is 114 Å². The lowest BCUT2D eigenvalue weighted by Crippen LogP contribution is -2.54. The second-order valence-electron chi connectivity index (χ2n) is 10.2. The number of piperazine rings is 1. The average molecular weight is 559 g/mol. The van der Waals surface area contributed by atoms with Crippen LogP contribution in [0.5, 0.6) is 5.75 Å². The molecule has 3 aromatic carbocycles. The highest BCUT2D eigenvalue weighted by atomic mass is 19.1. The molecular formula is C32H35FN4O4. The summed E-state index contributed by atoms with van der Waals surface area (Å²) >= 11 is 0. The molecule has 1 aliphatic heterocycles. The van der Waals surface area contributed by atoms with Crippen molar-refractivity contribution in [2.45, 2.75) is 32.0 Å². The number of carbonyl (C=O) groups excluding carboxylic acids is 3. The zero-order valence-corrected chi connectivity index (χ0v) is 23.3. The Bertz CT molecular complexity index is 1400. The number of ether oxygens (including phenoxy) is 1. The maximum absolute atomic E-state index is 14.5. The third kappa shape index (κ3) is 7.37. The van der Waals surface area contributed by atoms with Crippen LogP contribution in [-0.4, -0.2) is 59.7 Å². The van der Waals surface area contributed by atoms with Gasteiger partial charge in [0.2, 0.25) is 11.8 Å². The maximum atomic E-state index is 14.5. The number of aryl methyl sites for hydroxylation is 1. The third-order valence-electron chi connectivity index (χ3n) is 7.25. The van der Waals surface area contributed by atoms with Crippen molar-refractivity contribution in [2.75, 3.05) is 26.2 Å². The largest absolute Gasteiger partial charge is 0.484 e. The highest BCUT2D eigenvalue weighted by molar-refractivity contribution is 5.97. The zero-order valence-electron chi connectivity index (χ0n) is 23.3. The Morgan fingerprint density at radius 2 is 1.78 bits per heavy atom. The molecule has 0 aliphatic carbocycles. The molecule has 4 rings (SSSR count). The monoisotopic (exact) mass is 558 g/mol. The van der Waals surface area contributed by atoms with Gasteiger partial charge in [0, 0.05) is 37.8 Å². The fraction of sp³-hybridized carbons (Fsp3) is 0.281. The topological polar surface area (TPSA) is 105 Å². The third-order valence-corrected chi connectivity index (χ3v) is 7.25. The van der Waals surface area contributed by atoms with E-state index in [9.17, 15) is 18.8 Å². The van der Waals surface area contributed by atoms with Gasteiger partial charge in [-0.3, -0.25) is 19.3 Å². The van der Waals surface area contributed by atoms with Crippen molar-refractivity contribution >= 4 is 17.7 Å². The number of rotatable bonds is 10. The molecule has 0 spiro atoms. The second kappa shape index (κ2) is 13.2. The minimum atomic E-state index is -0.968. The van der Waals surface area contributed by atoms with Gasteiger partial charge in [-0.15, -0.1) is 0 Å². The molecule has 0 radical (unpaired) electrons. The van der Waals surface area contributed by atoms with Crippen LogP contribution < -0.4 is 15.8 Å². The lowest BCUT2D eigenvalue weighted by molar-refractivity contribution is -0.130. The number of nitrogens with two attached hydrogens (primary N) is 1. The van der Waals surface area contributed by atoms with E-state index >= 15 is 0 Å². The van der Waals surface area contributed by atoms with Gasteiger partial charge in [0.25, 0.3) is 5.91 Å². The minimum absolute atomic E-state index is 0.0115. The number of halogens is 1. The molecule has 3 atom stereocenters. The van der Waals surface area contributed by atoms with Crippen molar-refractivity contribution in [3.8, 4) is 5.75 Å². The first-order valence-corrected chi connectivity index (χ1v) is 13.5. The molecule has 3 N–H and O–H groups in total. The second-order valence-corrected chi connectivity index (χ2v) is 10.2. The SMILES string of the molecule is C=CC(=O)N1CCN(C[C@H](Oc2ccc(C(=O)N[C@@H](C(N)=O)c3ccccc3)cc2)c2ccc(C)c(F)c2)C[C@H]1C. The van der Waals surface area contributed by atoms with Crippen LogP contribution in [0.1, 0.15) is 46.1 Å². The highest BCUT2D eigenvalue weighted by Crippen LogP contribution is 2.26. The van der Waals surface area contributed by atoms with Crippen LogP contribution in [0.25, 0.3) is 0 Å². The highest BCUT2D eigenvalue weighted by Gasteiger charge is 2.29. The molecule has 1 aliphatic rings. The quantitative estimate of drug-likeness (QED) is 0.367. The normalized spacial score (nSPS) is 16.9. The minimum Gasteiger partial charge on any atom is -0.484 e. The predicted octanol–water partition coefficient (Wildman–Crippen LogP) is 3.93. The molecule has 0 aromatic heterocycles. The number of hydrogen-bond acceptors (Lipinski definition) is 5. The van der Waals surface area contributed by atoms with Crippen LogP contribution in [0.15, 0.2) is 85.5 Å². The number of amides is 3. The summed E-state index contributed by atoms with van der Waals surface area (Å²) in [6, 6.07) is 19.4. The Labute approximate surface area is 239 Å². The van der Waals surface area contributed by atoms with Gasteiger partial charge in [0.1, 0.15) is 23.7 Å². The van der Waals surface area contributed by atoms with Gasteiger partial charge in [0.15, 0.2) is 0 Å². The summed E-state index contributed by atoms with van der Waals surface area (Å²) in [7, 11) is 0. The smallest absolute Gasteiger partial charge is 0.252 e. The Morgan fingerprint density at radius 3 is 2.39 bits per heavy atom. The summed E-state index contributed by atoms with van der Waals surface area (Å²) in [5, 5.41) is 2.68. The van der Waals surface area contributed by atoms with E-state index in [1.54, 1.807) is 66.4 Å². The first-order valence-electron chi connectivity index (χ1n) is 13.5. The molecule has 1 fully saturated rings. The fourth-order valence-electron chi connectivity index (χ4n) is 4.93. The van der Waals surface area contributed by atoms with Gasteiger partial charge in [-0.05, 0) is 66.9 Å². The van der Waals surface area contributed by atoms with E-state index < -0.39 is 24.0 Å². The van der Waals surface area contributed by atoms with E-state index in [-0.39, 0.29) is 17.8 Å². The first-order chi connectivity index (χ1) is 19.7. The Balaban J connectivity index is 1.48. The Kier molecular flexibility index (Phi) is 9.52.